The number of hydrogen-bond acceptors (Lipinski definition) is 5. The zero-order chi connectivity index (χ0) is 34.1. The molecular weight excluding hydrogens is 662 g/mol. The number of rotatable bonds is 13. The summed E-state index contributed by atoms with van der Waals surface area (Å²) < 4.78 is 29.7. The maximum atomic E-state index is 14.7. The van der Waals surface area contributed by atoms with Gasteiger partial charge in [0.15, 0.2) is 0 Å². The molecule has 1 saturated carbocycles. The lowest BCUT2D eigenvalue weighted by Gasteiger charge is -2.35. The highest BCUT2D eigenvalue weighted by atomic mass is 35.5. The number of aryl methyl sites for hydroxylation is 1. The van der Waals surface area contributed by atoms with Crippen LogP contribution >= 0.6 is 23.4 Å². The van der Waals surface area contributed by atoms with Gasteiger partial charge < -0.3 is 10.2 Å². The van der Waals surface area contributed by atoms with E-state index in [4.69, 9.17) is 11.6 Å². The van der Waals surface area contributed by atoms with Crippen molar-refractivity contribution in [2.45, 2.75) is 73.9 Å². The van der Waals surface area contributed by atoms with Gasteiger partial charge in [-0.05, 0) is 85.7 Å². The number of anilines is 1. The number of halogens is 1. The van der Waals surface area contributed by atoms with Crippen LogP contribution in [-0.4, -0.2) is 50.0 Å². The van der Waals surface area contributed by atoms with Crippen molar-refractivity contribution in [3.63, 3.8) is 0 Å². The van der Waals surface area contributed by atoms with Crippen LogP contribution in [0.15, 0.2) is 113 Å². The highest BCUT2D eigenvalue weighted by Crippen LogP contribution is 2.27. The Morgan fingerprint density at radius 2 is 1.54 bits per heavy atom. The van der Waals surface area contributed by atoms with E-state index in [9.17, 15) is 18.0 Å². The minimum Gasteiger partial charge on any atom is -0.352 e. The maximum Gasteiger partial charge on any atom is 0.264 e. The molecule has 0 spiro atoms. The molecule has 0 aliphatic heterocycles. The largest absolute Gasteiger partial charge is 0.352 e. The summed E-state index contributed by atoms with van der Waals surface area (Å²) in [5.41, 5.74) is 2.94. The van der Waals surface area contributed by atoms with E-state index < -0.39 is 28.5 Å². The van der Waals surface area contributed by atoms with E-state index in [0.717, 1.165) is 58.0 Å². The molecule has 252 valence electrons. The molecule has 7 nitrogen and oxygen atoms in total. The highest BCUT2D eigenvalue weighted by Gasteiger charge is 2.35. The number of sulfonamides is 1. The van der Waals surface area contributed by atoms with E-state index in [1.54, 1.807) is 54.6 Å². The second-order valence-electron chi connectivity index (χ2n) is 12.2. The van der Waals surface area contributed by atoms with Crippen LogP contribution in [0, 0.1) is 6.92 Å². The van der Waals surface area contributed by atoms with Crippen molar-refractivity contribution in [2.75, 3.05) is 17.1 Å². The fourth-order valence-corrected chi connectivity index (χ4v) is 8.08. The number of nitrogens with zero attached hydrogens (tertiary/aromatic N) is 2. The predicted molar refractivity (Wildman–Crippen MR) is 195 cm³/mol. The van der Waals surface area contributed by atoms with Crippen molar-refractivity contribution in [1.82, 2.24) is 10.2 Å². The summed E-state index contributed by atoms with van der Waals surface area (Å²) in [6.45, 7) is 1.48. The Kier molecular flexibility index (Phi) is 12.2. The van der Waals surface area contributed by atoms with E-state index in [-0.39, 0.29) is 29.8 Å². The van der Waals surface area contributed by atoms with Crippen LogP contribution in [0.4, 0.5) is 5.69 Å². The number of hydrogen-bond donors (Lipinski definition) is 1. The summed E-state index contributed by atoms with van der Waals surface area (Å²) >= 11 is 7.88. The Morgan fingerprint density at radius 3 is 2.19 bits per heavy atom. The normalized spacial score (nSPS) is 14.2. The molecule has 48 heavy (non-hydrogen) atoms. The Balaban J connectivity index is 1.56. The predicted octanol–water partition coefficient (Wildman–Crippen LogP) is 7.65. The van der Waals surface area contributed by atoms with Gasteiger partial charge in [0.05, 0.1) is 10.6 Å². The summed E-state index contributed by atoms with van der Waals surface area (Å²) in [6, 6.07) is 29.6. The van der Waals surface area contributed by atoms with Crippen LogP contribution in [0.25, 0.3) is 0 Å². The van der Waals surface area contributed by atoms with Crippen molar-refractivity contribution in [2.24, 2.45) is 0 Å². The average molecular weight is 704 g/mol. The van der Waals surface area contributed by atoms with Crippen molar-refractivity contribution in [3.8, 4) is 0 Å². The zero-order valence-corrected chi connectivity index (χ0v) is 29.7. The van der Waals surface area contributed by atoms with Gasteiger partial charge in [0, 0.05) is 28.9 Å². The Bertz CT molecular complexity index is 1780. The third-order valence-electron chi connectivity index (χ3n) is 8.71. The molecule has 0 radical (unpaired) electrons. The van der Waals surface area contributed by atoms with Gasteiger partial charge in [-0.1, -0.05) is 91.0 Å². The number of carbonyl (C=O) groups is 2. The van der Waals surface area contributed by atoms with Gasteiger partial charge in [-0.25, -0.2) is 8.42 Å². The average Bonchev–Trinajstić information content (AvgIpc) is 3.10. The lowest BCUT2D eigenvalue weighted by molar-refractivity contribution is -0.140. The van der Waals surface area contributed by atoms with Gasteiger partial charge in [-0.3, -0.25) is 13.9 Å². The topological polar surface area (TPSA) is 86.8 Å². The molecule has 1 N–H and O–H groups in total. The fraction of sp³-hybridized carbons (Fsp3) is 0.316. The first-order valence-electron chi connectivity index (χ1n) is 16.3. The Hall–Kier alpha value is -3.79. The van der Waals surface area contributed by atoms with Crippen molar-refractivity contribution in [3.05, 3.63) is 125 Å². The highest BCUT2D eigenvalue weighted by molar-refractivity contribution is 7.98. The van der Waals surface area contributed by atoms with Gasteiger partial charge in [0.1, 0.15) is 12.6 Å². The second-order valence-corrected chi connectivity index (χ2v) is 15.4. The molecule has 1 aliphatic carbocycles. The van der Waals surface area contributed by atoms with Crippen LogP contribution < -0.4 is 9.62 Å². The summed E-state index contributed by atoms with van der Waals surface area (Å²) in [4.78, 5) is 31.4. The minimum absolute atomic E-state index is 0.0290. The molecule has 0 saturated heterocycles. The molecule has 0 unspecified atom stereocenters. The molecular formula is C38H42ClN3O4S2. The van der Waals surface area contributed by atoms with Crippen molar-refractivity contribution in [1.29, 1.82) is 0 Å². The molecule has 1 aliphatic rings. The van der Waals surface area contributed by atoms with Gasteiger partial charge >= 0.3 is 0 Å². The number of benzene rings is 4. The SMILES string of the molecule is CSc1ccc(S(=O)(=O)N(CC(=O)N(Cc2cccc(Cl)c2)[C@H](Cc2ccccc2)C(=O)NC2CCCCC2)c2ccc(C)cc2)cc1. The zero-order valence-electron chi connectivity index (χ0n) is 27.3. The lowest BCUT2D eigenvalue weighted by atomic mass is 9.94. The van der Waals surface area contributed by atoms with Gasteiger partial charge in [-0.2, -0.15) is 0 Å². The maximum absolute atomic E-state index is 14.7. The van der Waals surface area contributed by atoms with E-state index in [2.05, 4.69) is 5.32 Å². The second kappa shape index (κ2) is 16.5. The van der Waals surface area contributed by atoms with E-state index in [0.29, 0.717) is 10.7 Å². The Labute approximate surface area is 293 Å². The number of amides is 2. The monoisotopic (exact) mass is 703 g/mol. The molecule has 1 fully saturated rings. The standard InChI is InChI=1S/C38H42ClN3O4S2/c1-28-16-18-33(19-17-28)42(48(45,46)35-22-20-34(47-2)21-23-35)27-37(43)41(26-30-12-9-13-31(39)24-30)36(25-29-10-5-3-6-11-29)38(44)40-32-14-7-4-8-15-32/h3,5-6,9-13,16-24,32,36H,4,7-8,14-15,25-27H2,1-2H3,(H,40,44)/t36-/m1/s1. The summed E-state index contributed by atoms with van der Waals surface area (Å²) in [5.74, 6) is -0.752. The van der Waals surface area contributed by atoms with Gasteiger partial charge in [0.2, 0.25) is 11.8 Å². The molecule has 10 heteroatoms. The van der Waals surface area contributed by atoms with Crippen LogP contribution in [-0.2, 0) is 32.6 Å². The third kappa shape index (κ3) is 9.21. The van der Waals surface area contributed by atoms with E-state index in [1.165, 1.54) is 16.7 Å². The van der Waals surface area contributed by atoms with Gasteiger partial charge in [-0.15, -0.1) is 11.8 Å². The van der Waals surface area contributed by atoms with Gasteiger partial charge in [0.25, 0.3) is 10.0 Å². The minimum atomic E-state index is -4.17. The number of nitrogens with one attached hydrogen (secondary N) is 1. The molecule has 0 heterocycles. The molecule has 4 aromatic carbocycles. The first-order valence-corrected chi connectivity index (χ1v) is 19.3. The van der Waals surface area contributed by atoms with Crippen molar-refractivity contribution >= 4 is 50.9 Å². The molecule has 5 rings (SSSR count). The molecule has 2 amide bonds. The third-order valence-corrected chi connectivity index (χ3v) is 11.5. The van der Waals surface area contributed by atoms with Crippen molar-refractivity contribution < 1.29 is 18.0 Å². The van der Waals surface area contributed by atoms with Crippen LogP contribution in [0.2, 0.25) is 5.02 Å². The summed E-state index contributed by atoms with van der Waals surface area (Å²) in [7, 11) is -4.17. The van der Waals surface area contributed by atoms with Crippen LogP contribution in [0.3, 0.4) is 0 Å². The molecule has 1 atom stereocenters. The summed E-state index contributed by atoms with van der Waals surface area (Å²) in [5, 5.41) is 3.74. The van der Waals surface area contributed by atoms with Crippen LogP contribution in [0.5, 0.6) is 0 Å². The number of thioether (sulfide) groups is 1. The van der Waals surface area contributed by atoms with E-state index in [1.807, 2.05) is 61.7 Å². The van der Waals surface area contributed by atoms with E-state index >= 15 is 0 Å². The molecule has 0 bridgehead atoms. The molecule has 4 aromatic rings. The first-order chi connectivity index (χ1) is 23.1. The first kappa shape index (κ1) is 35.5. The lowest BCUT2D eigenvalue weighted by Crippen LogP contribution is -2.55. The fourth-order valence-electron chi connectivity index (χ4n) is 6.04. The molecule has 0 aromatic heterocycles. The smallest absolute Gasteiger partial charge is 0.264 e. The quantitative estimate of drug-likeness (QED) is 0.145. The number of carbonyl (C=O) groups excluding carboxylic acids is 2. The summed E-state index contributed by atoms with van der Waals surface area (Å²) in [6.07, 6.45) is 7.19. The van der Waals surface area contributed by atoms with Crippen LogP contribution in [0.1, 0.15) is 48.8 Å². The Morgan fingerprint density at radius 1 is 0.875 bits per heavy atom.